The summed E-state index contributed by atoms with van der Waals surface area (Å²) < 4.78 is 38.9. The number of hydrogen-bond acceptors (Lipinski definition) is 5. The van der Waals surface area contributed by atoms with Crippen LogP contribution >= 0.6 is 0 Å². The second-order valence-electron chi connectivity index (χ2n) is 6.48. The van der Waals surface area contributed by atoms with E-state index in [0.29, 0.717) is 12.1 Å². The predicted octanol–water partition coefficient (Wildman–Crippen LogP) is 3.72. The molecule has 152 valence electrons. The maximum Gasteiger partial charge on any atom is 0.254 e. The minimum atomic E-state index is -3.96. The third kappa shape index (κ3) is 4.74. The third-order valence-corrected chi connectivity index (χ3v) is 6.69. The van der Waals surface area contributed by atoms with E-state index in [0.717, 1.165) is 5.56 Å². The molecular formula is C23H25NO4S. The summed E-state index contributed by atoms with van der Waals surface area (Å²) in [6.07, 6.45) is 0. The van der Waals surface area contributed by atoms with Crippen molar-refractivity contribution in [3.8, 4) is 0 Å². The van der Waals surface area contributed by atoms with Gasteiger partial charge in [0.15, 0.2) is 0 Å². The summed E-state index contributed by atoms with van der Waals surface area (Å²) in [7, 11) is -2.40. The Balaban J connectivity index is 2.10. The van der Waals surface area contributed by atoms with E-state index in [1.165, 1.54) is 0 Å². The van der Waals surface area contributed by atoms with Gasteiger partial charge >= 0.3 is 0 Å². The van der Waals surface area contributed by atoms with Gasteiger partial charge in [0, 0.05) is 19.2 Å². The first-order chi connectivity index (χ1) is 14.1. The van der Waals surface area contributed by atoms with Crippen molar-refractivity contribution < 1.29 is 17.9 Å². The van der Waals surface area contributed by atoms with Gasteiger partial charge in [-0.15, -0.1) is 0 Å². The van der Waals surface area contributed by atoms with Crippen LogP contribution in [0.5, 0.6) is 0 Å². The van der Waals surface area contributed by atoms with Gasteiger partial charge in [0.25, 0.3) is 5.06 Å². The standard InChI is InChI=1S/C23H25NO4S/c1-27-17-18-28-23(21-13-7-3-8-14-21,24-19-20-11-5-2-6-12-20)29(25,26)22-15-9-4-10-16-22/h2-16,24H,17-19H2,1H3. The lowest BCUT2D eigenvalue weighted by Gasteiger charge is -2.35. The lowest BCUT2D eigenvalue weighted by Crippen LogP contribution is -2.51. The second-order valence-corrected chi connectivity index (χ2v) is 8.53. The SMILES string of the molecule is COCCOC(NCc1ccccc1)(c1ccccc1)S(=O)(=O)c1ccccc1. The molecule has 0 heterocycles. The molecule has 0 aromatic heterocycles. The Labute approximate surface area is 172 Å². The van der Waals surface area contributed by atoms with Crippen molar-refractivity contribution >= 4 is 9.84 Å². The Hall–Kier alpha value is -2.51. The lowest BCUT2D eigenvalue weighted by atomic mass is 10.1. The van der Waals surface area contributed by atoms with E-state index in [1.54, 1.807) is 61.7 Å². The fourth-order valence-corrected chi connectivity index (χ4v) is 4.86. The molecule has 1 atom stereocenters. The highest BCUT2D eigenvalue weighted by molar-refractivity contribution is 7.92. The van der Waals surface area contributed by atoms with Gasteiger partial charge in [-0.2, -0.15) is 0 Å². The second kappa shape index (κ2) is 9.80. The van der Waals surface area contributed by atoms with Gasteiger partial charge in [0.1, 0.15) is 0 Å². The molecule has 0 aliphatic heterocycles. The number of sulfone groups is 1. The van der Waals surface area contributed by atoms with Crippen molar-refractivity contribution in [2.75, 3.05) is 20.3 Å². The van der Waals surface area contributed by atoms with Gasteiger partial charge in [-0.25, -0.2) is 8.42 Å². The van der Waals surface area contributed by atoms with Gasteiger partial charge in [-0.3, -0.25) is 5.32 Å². The first kappa shape index (κ1) is 21.2. The molecule has 3 rings (SSSR count). The zero-order chi connectivity index (χ0) is 20.6. The van der Waals surface area contributed by atoms with Crippen LogP contribution in [0.15, 0.2) is 95.9 Å². The van der Waals surface area contributed by atoms with Gasteiger partial charge in [-0.05, 0) is 17.7 Å². The van der Waals surface area contributed by atoms with E-state index in [2.05, 4.69) is 5.32 Å². The summed E-state index contributed by atoms with van der Waals surface area (Å²) in [4.78, 5) is 0.182. The van der Waals surface area contributed by atoms with Crippen LogP contribution in [0, 0.1) is 0 Å². The van der Waals surface area contributed by atoms with E-state index in [4.69, 9.17) is 9.47 Å². The summed E-state index contributed by atoms with van der Waals surface area (Å²) in [5.74, 6) is 0. The maximum atomic E-state index is 13.8. The molecule has 0 spiro atoms. The molecule has 0 amide bonds. The molecule has 0 aliphatic rings. The summed E-state index contributed by atoms with van der Waals surface area (Å²) in [6, 6.07) is 26.9. The summed E-state index contributed by atoms with van der Waals surface area (Å²) >= 11 is 0. The smallest absolute Gasteiger partial charge is 0.254 e. The van der Waals surface area contributed by atoms with E-state index in [9.17, 15) is 8.42 Å². The molecule has 6 heteroatoms. The van der Waals surface area contributed by atoms with E-state index < -0.39 is 14.9 Å². The van der Waals surface area contributed by atoms with Crippen molar-refractivity contribution in [3.05, 3.63) is 102 Å². The highest BCUT2D eigenvalue weighted by atomic mass is 32.2. The topological polar surface area (TPSA) is 64.6 Å². The molecule has 0 saturated carbocycles. The van der Waals surface area contributed by atoms with Crippen LogP contribution in [0.3, 0.4) is 0 Å². The summed E-state index contributed by atoms with van der Waals surface area (Å²) in [5, 5.41) is 1.44. The van der Waals surface area contributed by atoms with Crippen LogP contribution in [-0.4, -0.2) is 28.7 Å². The molecule has 0 radical (unpaired) electrons. The molecule has 29 heavy (non-hydrogen) atoms. The minimum absolute atomic E-state index is 0.110. The molecule has 3 aromatic rings. The fourth-order valence-electron chi connectivity index (χ4n) is 3.07. The maximum absolute atomic E-state index is 13.8. The van der Waals surface area contributed by atoms with Crippen molar-refractivity contribution in [3.63, 3.8) is 0 Å². The zero-order valence-electron chi connectivity index (χ0n) is 16.3. The average Bonchev–Trinajstić information content (AvgIpc) is 2.78. The molecule has 3 aromatic carbocycles. The number of nitrogens with one attached hydrogen (secondary N) is 1. The van der Waals surface area contributed by atoms with Crippen LogP contribution in [-0.2, 0) is 30.9 Å². The first-order valence-corrected chi connectivity index (χ1v) is 10.9. The molecule has 0 fully saturated rings. The van der Waals surface area contributed by atoms with E-state index >= 15 is 0 Å². The molecule has 0 saturated heterocycles. The fraction of sp³-hybridized carbons (Fsp3) is 0.217. The molecule has 0 bridgehead atoms. The quantitative estimate of drug-likeness (QED) is 0.407. The molecule has 1 unspecified atom stereocenters. The molecule has 0 aliphatic carbocycles. The van der Waals surface area contributed by atoms with Crippen molar-refractivity contribution in [1.82, 2.24) is 5.32 Å². The van der Waals surface area contributed by atoms with Crippen LogP contribution < -0.4 is 5.32 Å². The largest absolute Gasteiger partial charge is 0.382 e. The normalized spacial score (nSPS) is 13.7. The van der Waals surface area contributed by atoms with Crippen LogP contribution in [0.25, 0.3) is 0 Å². The molecule has 1 N–H and O–H groups in total. The number of ether oxygens (including phenoxy) is 2. The Morgan fingerprint density at radius 3 is 1.93 bits per heavy atom. The van der Waals surface area contributed by atoms with E-state index in [-0.39, 0.29) is 18.1 Å². The van der Waals surface area contributed by atoms with Crippen LogP contribution in [0.4, 0.5) is 0 Å². The van der Waals surface area contributed by atoms with Gasteiger partial charge in [0.2, 0.25) is 9.84 Å². The van der Waals surface area contributed by atoms with Crippen LogP contribution in [0.2, 0.25) is 0 Å². The Kier molecular flexibility index (Phi) is 7.17. The van der Waals surface area contributed by atoms with Crippen molar-refractivity contribution in [2.45, 2.75) is 16.5 Å². The average molecular weight is 412 g/mol. The summed E-state index contributed by atoms with van der Waals surface area (Å²) in [5.41, 5.74) is 1.46. The van der Waals surface area contributed by atoms with Gasteiger partial charge in [0.05, 0.1) is 18.1 Å². The number of hydrogen-bond donors (Lipinski definition) is 1. The monoisotopic (exact) mass is 411 g/mol. The Morgan fingerprint density at radius 1 is 0.793 bits per heavy atom. The zero-order valence-corrected chi connectivity index (χ0v) is 17.1. The van der Waals surface area contributed by atoms with Crippen molar-refractivity contribution in [2.24, 2.45) is 0 Å². The van der Waals surface area contributed by atoms with Gasteiger partial charge in [-0.1, -0.05) is 78.9 Å². The lowest BCUT2D eigenvalue weighted by molar-refractivity contribution is -0.0345. The molecular weight excluding hydrogens is 386 g/mol. The Morgan fingerprint density at radius 2 is 1.34 bits per heavy atom. The first-order valence-electron chi connectivity index (χ1n) is 9.37. The summed E-state index contributed by atoms with van der Waals surface area (Å²) in [6.45, 7) is 0.694. The Bertz CT molecular complexity index is 979. The predicted molar refractivity (Wildman–Crippen MR) is 113 cm³/mol. The van der Waals surface area contributed by atoms with Gasteiger partial charge < -0.3 is 9.47 Å². The number of benzene rings is 3. The van der Waals surface area contributed by atoms with Crippen molar-refractivity contribution in [1.29, 1.82) is 0 Å². The van der Waals surface area contributed by atoms with Crippen LogP contribution in [0.1, 0.15) is 11.1 Å². The number of methoxy groups -OCH3 is 1. The highest BCUT2D eigenvalue weighted by Crippen LogP contribution is 2.35. The minimum Gasteiger partial charge on any atom is -0.382 e. The molecule has 5 nitrogen and oxygen atoms in total. The number of rotatable bonds is 10. The third-order valence-electron chi connectivity index (χ3n) is 4.55. The highest BCUT2D eigenvalue weighted by Gasteiger charge is 2.47. The van der Waals surface area contributed by atoms with E-state index in [1.807, 2.05) is 36.4 Å².